The minimum absolute atomic E-state index is 0.0244. The number of hydrogen-bond acceptors (Lipinski definition) is 4. The van der Waals surface area contributed by atoms with Crippen LogP contribution in [0.25, 0.3) is 0 Å². The quantitative estimate of drug-likeness (QED) is 0.918. The van der Waals surface area contributed by atoms with Gasteiger partial charge in [-0.25, -0.2) is 12.8 Å². The number of sulfonamides is 1. The van der Waals surface area contributed by atoms with Gasteiger partial charge in [-0.15, -0.1) is 0 Å². The zero-order valence-electron chi connectivity index (χ0n) is 12.3. The first-order valence-corrected chi connectivity index (χ1v) is 8.43. The average Bonchev–Trinajstić information content (AvgIpc) is 2.47. The van der Waals surface area contributed by atoms with Crippen molar-refractivity contribution in [1.82, 2.24) is 4.31 Å². The van der Waals surface area contributed by atoms with Gasteiger partial charge in [0.15, 0.2) is 11.6 Å². The number of hydrogen-bond donors (Lipinski definition) is 1. The highest BCUT2D eigenvalue weighted by atomic mass is 32.2. The highest BCUT2D eigenvalue weighted by Gasteiger charge is 2.35. The molecule has 1 fully saturated rings. The number of ether oxygens (including phenoxy) is 1. The van der Waals surface area contributed by atoms with E-state index in [9.17, 15) is 12.8 Å². The van der Waals surface area contributed by atoms with Crippen molar-refractivity contribution in [3.8, 4) is 5.75 Å². The fraction of sp³-hybridized carbons (Fsp3) is 0.571. The number of nitrogens with two attached hydrogens (primary N) is 1. The standard InChI is InChI=1S/C14H21FN2O3S/c1-10(16)13-5-3-4-8-17(13)21(18,19)11-6-7-14(20-2)12(15)9-11/h6-7,9-10,13H,3-5,8,16H2,1-2H3. The van der Waals surface area contributed by atoms with Crippen molar-refractivity contribution in [1.29, 1.82) is 0 Å². The first-order chi connectivity index (χ1) is 9.87. The predicted octanol–water partition coefficient (Wildman–Crippen LogP) is 1.72. The fourth-order valence-corrected chi connectivity index (χ4v) is 4.48. The van der Waals surface area contributed by atoms with Crippen LogP contribution < -0.4 is 10.5 Å². The number of nitrogens with zero attached hydrogens (tertiary/aromatic N) is 1. The van der Waals surface area contributed by atoms with E-state index in [0.717, 1.165) is 25.3 Å². The lowest BCUT2D eigenvalue weighted by Gasteiger charge is -2.36. The van der Waals surface area contributed by atoms with E-state index in [-0.39, 0.29) is 22.7 Å². The monoisotopic (exact) mass is 316 g/mol. The van der Waals surface area contributed by atoms with Crippen LogP contribution in [0.5, 0.6) is 5.75 Å². The summed E-state index contributed by atoms with van der Waals surface area (Å²) in [5.74, 6) is -0.663. The van der Waals surface area contributed by atoms with E-state index in [1.165, 1.54) is 23.5 Å². The summed E-state index contributed by atoms with van der Waals surface area (Å²) in [6.07, 6.45) is 2.48. The van der Waals surface area contributed by atoms with Gasteiger partial charge >= 0.3 is 0 Å². The van der Waals surface area contributed by atoms with Crippen molar-refractivity contribution in [2.45, 2.75) is 43.2 Å². The SMILES string of the molecule is COc1ccc(S(=O)(=O)N2CCCCC2C(C)N)cc1F. The van der Waals surface area contributed by atoms with Crippen LogP contribution in [-0.2, 0) is 10.0 Å². The van der Waals surface area contributed by atoms with Gasteiger partial charge in [0.2, 0.25) is 10.0 Å². The van der Waals surface area contributed by atoms with E-state index in [1.807, 2.05) is 0 Å². The Hall–Kier alpha value is -1.18. The molecule has 0 spiro atoms. The molecule has 118 valence electrons. The summed E-state index contributed by atoms with van der Waals surface area (Å²) in [5.41, 5.74) is 5.91. The summed E-state index contributed by atoms with van der Waals surface area (Å²) in [7, 11) is -2.41. The van der Waals surface area contributed by atoms with Gasteiger partial charge < -0.3 is 10.5 Å². The van der Waals surface area contributed by atoms with Crippen LogP contribution in [0, 0.1) is 5.82 Å². The highest BCUT2D eigenvalue weighted by molar-refractivity contribution is 7.89. The fourth-order valence-electron chi connectivity index (χ4n) is 2.70. The van der Waals surface area contributed by atoms with Crippen molar-refractivity contribution >= 4 is 10.0 Å². The van der Waals surface area contributed by atoms with E-state index < -0.39 is 15.8 Å². The van der Waals surface area contributed by atoms with Crippen LogP contribution in [0.1, 0.15) is 26.2 Å². The minimum Gasteiger partial charge on any atom is -0.494 e. The van der Waals surface area contributed by atoms with E-state index in [4.69, 9.17) is 10.5 Å². The summed E-state index contributed by atoms with van der Waals surface area (Å²) < 4.78 is 45.4. The maximum atomic E-state index is 13.8. The summed E-state index contributed by atoms with van der Waals surface area (Å²) >= 11 is 0. The first kappa shape index (κ1) is 16.2. The van der Waals surface area contributed by atoms with Crippen LogP contribution in [0.3, 0.4) is 0 Å². The summed E-state index contributed by atoms with van der Waals surface area (Å²) in [6.45, 7) is 2.22. The third-order valence-electron chi connectivity index (χ3n) is 3.84. The van der Waals surface area contributed by atoms with Gasteiger partial charge in [0.05, 0.1) is 12.0 Å². The number of piperidine rings is 1. The van der Waals surface area contributed by atoms with Crippen molar-refractivity contribution in [2.75, 3.05) is 13.7 Å². The Labute approximate surface area is 124 Å². The van der Waals surface area contributed by atoms with Crippen molar-refractivity contribution in [3.63, 3.8) is 0 Å². The molecule has 0 bridgehead atoms. The van der Waals surface area contributed by atoms with Crippen molar-refractivity contribution in [3.05, 3.63) is 24.0 Å². The van der Waals surface area contributed by atoms with Crippen LogP contribution in [0.2, 0.25) is 0 Å². The molecule has 1 saturated heterocycles. The second kappa shape index (κ2) is 6.29. The molecular formula is C14H21FN2O3S. The maximum Gasteiger partial charge on any atom is 0.243 e. The van der Waals surface area contributed by atoms with Gasteiger partial charge in [0, 0.05) is 18.6 Å². The molecule has 0 saturated carbocycles. The third kappa shape index (κ3) is 3.20. The molecule has 1 aromatic carbocycles. The van der Waals surface area contributed by atoms with Crippen LogP contribution in [0.15, 0.2) is 23.1 Å². The Bertz CT molecular complexity index is 604. The van der Waals surface area contributed by atoms with Gasteiger partial charge in [-0.1, -0.05) is 6.42 Å². The lowest BCUT2D eigenvalue weighted by Crippen LogP contribution is -2.51. The molecular weight excluding hydrogens is 295 g/mol. The second-order valence-electron chi connectivity index (χ2n) is 5.33. The molecule has 0 amide bonds. The van der Waals surface area contributed by atoms with Gasteiger partial charge in [0.1, 0.15) is 0 Å². The first-order valence-electron chi connectivity index (χ1n) is 6.99. The zero-order valence-corrected chi connectivity index (χ0v) is 13.1. The predicted molar refractivity (Wildman–Crippen MR) is 78.1 cm³/mol. The van der Waals surface area contributed by atoms with Crippen LogP contribution >= 0.6 is 0 Å². The topological polar surface area (TPSA) is 72.6 Å². The Morgan fingerprint density at radius 3 is 2.71 bits per heavy atom. The van der Waals surface area contributed by atoms with Crippen LogP contribution in [-0.4, -0.2) is 38.5 Å². The van der Waals surface area contributed by atoms with E-state index in [2.05, 4.69) is 0 Å². The van der Waals surface area contributed by atoms with Crippen molar-refractivity contribution in [2.24, 2.45) is 5.73 Å². The molecule has 21 heavy (non-hydrogen) atoms. The Morgan fingerprint density at radius 1 is 1.43 bits per heavy atom. The summed E-state index contributed by atoms with van der Waals surface area (Å²) in [6, 6.07) is 3.19. The summed E-state index contributed by atoms with van der Waals surface area (Å²) in [5, 5.41) is 0. The molecule has 7 heteroatoms. The minimum atomic E-state index is -3.75. The van der Waals surface area contributed by atoms with Gasteiger partial charge in [-0.05, 0) is 38.0 Å². The Morgan fingerprint density at radius 2 is 2.14 bits per heavy atom. The zero-order chi connectivity index (χ0) is 15.6. The molecule has 5 nitrogen and oxygen atoms in total. The highest BCUT2D eigenvalue weighted by Crippen LogP contribution is 2.28. The van der Waals surface area contributed by atoms with Crippen molar-refractivity contribution < 1.29 is 17.5 Å². The molecule has 1 aliphatic rings. The van der Waals surface area contributed by atoms with E-state index in [0.29, 0.717) is 6.54 Å². The molecule has 1 aromatic rings. The molecule has 0 radical (unpaired) electrons. The van der Waals surface area contributed by atoms with Gasteiger partial charge in [-0.3, -0.25) is 0 Å². The molecule has 2 rings (SSSR count). The second-order valence-corrected chi connectivity index (χ2v) is 7.22. The average molecular weight is 316 g/mol. The van der Waals surface area contributed by atoms with Crippen LogP contribution in [0.4, 0.5) is 4.39 Å². The van der Waals surface area contributed by atoms with E-state index in [1.54, 1.807) is 6.92 Å². The summed E-state index contributed by atoms with van der Waals surface area (Å²) in [4.78, 5) is -0.0617. The number of methoxy groups -OCH3 is 1. The number of benzene rings is 1. The Kier molecular flexibility index (Phi) is 4.85. The molecule has 1 heterocycles. The molecule has 2 atom stereocenters. The number of halogens is 1. The Balaban J connectivity index is 2.38. The largest absolute Gasteiger partial charge is 0.494 e. The molecule has 2 N–H and O–H groups in total. The number of rotatable bonds is 4. The molecule has 0 aliphatic carbocycles. The smallest absolute Gasteiger partial charge is 0.243 e. The lowest BCUT2D eigenvalue weighted by atomic mass is 10.00. The molecule has 2 unspecified atom stereocenters. The van der Waals surface area contributed by atoms with E-state index >= 15 is 0 Å². The van der Waals surface area contributed by atoms with Gasteiger partial charge in [-0.2, -0.15) is 4.31 Å². The molecule has 1 aliphatic heterocycles. The lowest BCUT2D eigenvalue weighted by molar-refractivity contribution is 0.227. The maximum absolute atomic E-state index is 13.8. The normalized spacial score (nSPS) is 22.0. The van der Waals surface area contributed by atoms with Gasteiger partial charge in [0.25, 0.3) is 0 Å². The molecule has 0 aromatic heterocycles. The third-order valence-corrected chi connectivity index (χ3v) is 5.76.